The minimum atomic E-state index is -0.316. The van der Waals surface area contributed by atoms with E-state index in [4.69, 9.17) is 15.7 Å². The number of rotatable bonds is 2. The molecular formula is C11H15N5O2. The van der Waals surface area contributed by atoms with Crippen molar-refractivity contribution in [1.82, 2.24) is 14.7 Å². The number of likely N-dealkylation sites (N-methyl/N-ethyl adjacent to an activating group) is 1. The van der Waals surface area contributed by atoms with Crippen molar-refractivity contribution in [3.05, 3.63) is 11.8 Å². The fraction of sp³-hybridized carbons (Fsp3) is 0.545. The van der Waals surface area contributed by atoms with Crippen LogP contribution in [-0.2, 0) is 4.74 Å². The van der Waals surface area contributed by atoms with Gasteiger partial charge in [0.25, 0.3) is 5.91 Å². The average molecular weight is 249 g/mol. The number of aromatic nitrogens is 2. The second-order valence-corrected chi connectivity index (χ2v) is 4.35. The molecule has 96 valence electrons. The first-order valence-electron chi connectivity index (χ1n) is 5.59. The third kappa shape index (κ3) is 1.96. The molecule has 2 atom stereocenters. The molecule has 1 aliphatic heterocycles. The predicted octanol–water partition coefficient (Wildman–Crippen LogP) is -0.304. The van der Waals surface area contributed by atoms with E-state index in [9.17, 15) is 4.79 Å². The Labute approximate surface area is 105 Å². The lowest BCUT2D eigenvalue weighted by Gasteiger charge is -2.17. The van der Waals surface area contributed by atoms with Crippen molar-refractivity contribution in [2.24, 2.45) is 0 Å². The Morgan fingerprint density at radius 1 is 1.72 bits per heavy atom. The second kappa shape index (κ2) is 4.76. The summed E-state index contributed by atoms with van der Waals surface area (Å²) in [4.78, 5) is 14.2. The molecule has 2 heterocycles. The van der Waals surface area contributed by atoms with E-state index in [1.807, 2.05) is 18.0 Å². The van der Waals surface area contributed by atoms with E-state index in [-0.39, 0.29) is 29.4 Å². The number of hydrogen-bond acceptors (Lipinski definition) is 6. The Balaban J connectivity index is 2.22. The monoisotopic (exact) mass is 249 g/mol. The van der Waals surface area contributed by atoms with Gasteiger partial charge in [-0.1, -0.05) is 0 Å². The molecule has 1 aromatic rings. The molecule has 0 aliphatic carbocycles. The van der Waals surface area contributed by atoms with Gasteiger partial charge in [0.1, 0.15) is 17.5 Å². The van der Waals surface area contributed by atoms with Crippen molar-refractivity contribution < 1.29 is 9.53 Å². The van der Waals surface area contributed by atoms with E-state index in [1.54, 1.807) is 7.11 Å². The van der Waals surface area contributed by atoms with Crippen molar-refractivity contribution in [3.63, 3.8) is 0 Å². The molecule has 1 aromatic heterocycles. The third-order valence-electron chi connectivity index (χ3n) is 3.26. The van der Waals surface area contributed by atoms with Gasteiger partial charge in [0, 0.05) is 13.7 Å². The molecule has 1 saturated heterocycles. The number of nitrogen functional groups attached to an aromatic ring is 1. The molecule has 0 bridgehead atoms. The van der Waals surface area contributed by atoms with Crippen molar-refractivity contribution in [2.45, 2.75) is 18.6 Å². The van der Waals surface area contributed by atoms with Crippen molar-refractivity contribution in [1.29, 1.82) is 5.26 Å². The maximum absolute atomic E-state index is 12.3. The van der Waals surface area contributed by atoms with Crippen LogP contribution in [0.25, 0.3) is 0 Å². The number of ether oxygens (including phenoxy) is 1. The van der Waals surface area contributed by atoms with Crippen molar-refractivity contribution in [2.75, 3.05) is 26.4 Å². The van der Waals surface area contributed by atoms with Crippen LogP contribution in [0.15, 0.2) is 6.20 Å². The maximum atomic E-state index is 12.3. The Hall–Kier alpha value is -1.91. The molecule has 7 nitrogen and oxygen atoms in total. The molecule has 0 amide bonds. The fourth-order valence-electron chi connectivity index (χ4n) is 2.17. The molecule has 0 spiro atoms. The van der Waals surface area contributed by atoms with Crippen LogP contribution in [-0.4, -0.2) is 53.4 Å². The Morgan fingerprint density at radius 2 is 2.44 bits per heavy atom. The van der Waals surface area contributed by atoms with Gasteiger partial charge in [-0.2, -0.15) is 15.0 Å². The highest BCUT2D eigenvalue weighted by atomic mass is 16.5. The Bertz CT molecular complexity index is 504. The molecule has 0 unspecified atom stereocenters. The van der Waals surface area contributed by atoms with Gasteiger partial charge in [0.2, 0.25) is 0 Å². The van der Waals surface area contributed by atoms with Crippen molar-refractivity contribution >= 4 is 11.7 Å². The van der Waals surface area contributed by atoms with E-state index in [1.165, 1.54) is 6.20 Å². The number of nitrogens with two attached hydrogens (primary N) is 1. The van der Waals surface area contributed by atoms with Crippen LogP contribution in [0, 0.1) is 11.3 Å². The summed E-state index contributed by atoms with van der Waals surface area (Å²) in [5.41, 5.74) is 5.92. The molecular weight excluding hydrogens is 234 g/mol. The largest absolute Gasteiger partial charge is 0.382 e. The Kier molecular flexibility index (Phi) is 3.32. The van der Waals surface area contributed by atoms with Crippen LogP contribution in [0.3, 0.4) is 0 Å². The fourth-order valence-corrected chi connectivity index (χ4v) is 2.17. The van der Waals surface area contributed by atoms with E-state index in [2.05, 4.69) is 5.10 Å². The number of carbonyl (C=O) groups is 1. The normalized spacial score (nSPS) is 24.1. The highest BCUT2D eigenvalue weighted by Crippen LogP contribution is 2.21. The number of hydrogen-bond donors (Lipinski definition) is 1. The maximum Gasteiger partial charge on any atom is 0.266 e. The number of carbonyl (C=O) groups excluding carboxylic acids is 1. The van der Waals surface area contributed by atoms with Crippen LogP contribution in [0.1, 0.15) is 16.8 Å². The SMILES string of the molecule is CO[C@H]1C[C@@H](C(=O)n2ncc(C#N)c2N)N(C)C1. The molecule has 18 heavy (non-hydrogen) atoms. The highest BCUT2D eigenvalue weighted by molar-refractivity contribution is 5.87. The molecule has 0 radical (unpaired) electrons. The van der Waals surface area contributed by atoms with Crippen molar-refractivity contribution in [3.8, 4) is 6.07 Å². The molecule has 7 heteroatoms. The zero-order valence-electron chi connectivity index (χ0n) is 10.3. The quantitative estimate of drug-likeness (QED) is 0.772. The lowest BCUT2D eigenvalue weighted by molar-refractivity contribution is 0.0786. The van der Waals surface area contributed by atoms with Gasteiger partial charge in [-0.3, -0.25) is 9.69 Å². The van der Waals surface area contributed by atoms with Gasteiger partial charge >= 0.3 is 0 Å². The average Bonchev–Trinajstić information content (AvgIpc) is 2.91. The van der Waals surface area contributed by atoms with Crippen LogP contribution in [0.2, 0.25) is 0 Å². The summed E-state index contributed by atoms with van der Waals surface area (Å²) in [5.74, 6) is -0.132. The number of anilines is 1. The molecule has 0 aromatic carbocycles. The summed E-state index contributed by atoms with van der Waals surface area (Å²) in [6, 6.07) is 1.58. The molecule has 0 saturated carbocycles. The topological polar surface area (TPSA) is 97.2 Å². The molecule has 1 fully saturated rings. The third-order valence-corrected chi connectivity index (χ3v) is 3.26. The summed E-state index contributed by atoms with van der Waals surface area (Å²) in [6.07, 6.45) is 1.94. The van der Waals surface area contributed by atoms with Gasteiger partial charge in [-0.15, -0.1) is 0 Å². The van der Waals surface area contributed by atoms with Gasteiger partial charge in [0.05, 0.1) is 18.3 Å². The summed E-state index contributed by atoms with van der Waals surface area (Å²) < 4.78 is 6.34. The van der Waals surface area contributed by atoms with Crippen LogP contribution < -0.4 is 5.73 Å². The van der Waals surface area contributed by atoms with E-state index >= 15 is 0 Å². The first-order valence-corrected chi connectivity index (χ1v) is 5.59. The zero-order chi connectivity index (χ0) is 13.3. The molecule has 2 N–H and O–H groups in total. The Morgan fingerprint density at radius 3 is 2.94 bits per heavy atom. The predicted molar refractivity (Wildman–Crippen MR) is 63.8 cm³/mol. The van der Waals surface area contributed by atoms with E-state index in [0.29, 0.717) is 13.0 Å². The van der Waals surface area contributed by atoms with E-state index < -0.39 is 0 Å². The number of methoxy groups -OCH3 is 1. The lowest BCUT2D eigenvalue weighted by Crippen LogP contribution is -2.37. The number of likely N-dealkylation sites (tertiary alicyclic amines) is 1. The first-order chi connectivity index (χ1) is 8.58. The minimum absolute atomic E-state index is 0.0381. The standard InChI is InChI=1S/C11H15N5O2/c1-15-6-8(18-2)3-9(15)11(17)16-10(13)7(4-12)5-14-16/h5,8-9H,3,6,13H2,1-2H3/t8-,9-/m0/s1. The second-order valence-electron chi connectivity index (χ2n) is 4.35. The smallest absolute Gasteiger partial charge is 0.266 e. The van der Waals surface area contributed by atoms with E-state index in [0.717, 1.165) is 4.68 Å². The van der Waals surface area contributed by atoms with Crippen LogP contribution >= 0.6 is 0 Å². The molecule has 1 aliphatic rings. The number of nitriles is 1. The van der Waals surface area contributed by atoms with Gasteiger partial charge < -0.3 is 10.5 Å². The van der Waals surface area contributed by atoms with Gasteiger partial charge in [-0.05, 0) is 13.5 Å². The highest BCUT2D eigenvalue weighted by Gasteiger charge is 2.36. The van der Waals surface area contributed by atoms with Crippen LogP contribution in [0.4, 0.5) is 5.82 Å². The minimum Gasteiger partial charge on any atom is -0.382 e. The summed E-state index contributed by atoms with van der Waals surface area (Å²) in [7, 11) is 3.48. The summed E-state index contributed by atoms with van der Waals surface area (Å²) in [6.45, 7) is 0.694. The lowest BCUT2D eigenvalue weighted by atomic mass is 10.2. The number of nitrogens with zero attached hydrogens (tertiary/aromatic N) is 4. The molecule has 2 rings (SSSR count). The van der Waals surface area contributed by atoms with Crippen LogP contribution in [0.5, 0.6) is 0 Å². The van der Waals surface area contributed by atoms with Gasteiger partial charge in [-0.25, -0.2) is 0 Å². The summed E-state index contributed by atoms with van der Waals surface area (Å²) >= 11 is 0. The van der Waals surface area contributed by atoms with Gasteiger partial charge in [0.15, 0.2) is 0 Å². The first kappa shape index (κ1) is 12.5. The summed E-state index contributed by atoms with van der Waals surface area (Å²) in [5, 5.41) is 12.7. The zero-order valence-corrected chi connectivity index (χ0v) is 10.3.